The molecule has 0 saturated heterocycles. The number of alkyl halides is 6. The molecule has 0 heterocycles. The molecule has 16 heteroatoms. The molecule has 40 heavy (non-hydrogen) atoms. The SMILES string of the molecule is NCc1ccc(CNC(=O)[C@@H](OC(=O)C(F)(F)F)[C@H](OC(=O)C(F)(F)F)C(=O)NCc2ccc(CN)cc2)cc1. The standard InChI is InChI=1S/C24H24F6N4O6/c25-23(26,27)21(37)39-17(19(35)33-11-15-5-1-13(9-31)2-6-15)18(40-22(38)24(28,29)30)20(36)34-12-16-7-3-14(10-32)4-8-16/h1-8,17-18H,9-12,31-32H2,(H,33,35)(H,34,36)/t17-,18-/m0/s1. The summed E-state index contributed by atoms with van der Waals surface area (Å²) in [4.78, 5) is 48.6. The quantitative estimate of drug-likeness (QED) is 0.230. The molecule has 0 aliphatic rings. The molecule has 2 aromatic rings. The van der Waals surface area contributed by atoms with Gasteiger partial charge in [-0.25, -0.2) is 9.59 Å². The summed E-state index contributed by atoms with van der Waals surface area (Å²) in [6, 6.07) is 12.1. The zero-order chi connectivity index (χ0) is 30.1. The second kappa shape index (κ2) is 13.7. The summed E-state index contributed by atoms with van der Waals surface area (Å²) in [5.41, 5.74) is 13.1. The van der Waals surface area contributed by atoms with Crippen LogP contribution in [0.3, 0.4) is 0 Å². The van der Waals surface area contributed by atoms with Crippen molar-refractivity contribution < 1.29 is 55.0 Å². The maximum absolute atomic E-state index is 12.9. The molecule has 6 N–H and O–H groups in total. The van der Waals surface area contributed by atoms with Crippen LogP contribution in [-0.4, -0.2) is 48.3 Å². The van der Waals surface area contributed by atoms with Gasteiger partial charge in [-0.05, 0) is 22.3 Å². The van der Waals surface area contributed by atoms with Gasteiger partial charge in [0.25, 0.3) is 11.8 Å². The topological polar surface area (TPSA) is 163 Å². The number of carbonyl (C=O) groups is 4. The Bertz CT molecular complexity index is 1090. The number of rotatable bonds is 11. The lowest BCUT2D eigenvalue weighted by atomic mass is 10.1. The zero-order valence-corrected chi connectivity index (χ0v) is 20.5. The number of hydrogen-bond donors (Lipinski definition) is 4. The summed E-state index contributed by atoms with van der Waals surface area (Å²) in [6.45, 7) is -0.473. The monoisotopic (exact) mass is 578 g/mol. The van der Waals surface area contributed by atoms with Crippen LogP contribution in [0.2, 0.25) is 0 Å². The molecule has 0 radical (unpaired) electrons. The molecule has 2 aromatic carbocycles. The van der Waals surface area contributed by atoms with Crippen molar-refractivity contribution in [2.45, 2.75) is 50.7 Å². The lowest BCUT2D eigenvalue weighted by molar-refractivity contribution is -0.220. The highest BCUT2D eigenvalue weighted by molar-refractivity contribution is 5.94. The van der Waals surface area contributed by atoms with Gasteiger partial charge in [0.2, 0.25) is 12.2 Å². The highest BCUT2D eigenvalue weighted by Gasteiger charge is 2.50. The van der Waals surface area contributed by atoms with Crippen molar-refractivity contribution in [3.8, 4) is 0 Å². The fraction of sp³-hybridized carbons (Fsp3) is 0.333. The Morgan fingerprint density at radius 1 is 0.600 bits per heavy atom. The number of esters is 2. The van der Waals surface area contributed by atoms with E-state index in [1.54, 1.807) is 24.3 Å². The first-order valence-electron chi connectivity index (χ1n) is 11.3. The molecule has 218 valence electrons. The Morgan fingerprint density at radius 3 is 1.12 bits per heavy atom. The Hall–Kier alpha value is -4.18. The largest absolute Gasteiger partial charge is 0.490 e. The summed E-state index contributed by atoms with van der Waals surface area (Å²) in [5, 5.41) is 4.10. The molecule has 0 aliphatic heterocycles. The van der Waals surface area contributed by atoms with Gasteiger partial charge in [0, 0.05) is 26.2 Å². The predicted molar refractivity (Wildman–Crippen MR) is 124 cm³/mol. The van der Waals surface area contributed by atoms with Crippen LogP contribution in [-0.2, 0) is 54.8 Å². The van der Waals surface area contributed by atoms with E-state index in [0.717, 1.165) is 0 Å². The second-order valence-electron chi connectivity index (χ2n) is 8.12. The minimum absolute atomic E-state index is 0.181. The number of nitrogens with one attached hydrogen (secondary N) is 2. The van der Waals surface area contributed by atoms with Crippen LogP contribution in [0.5, 0.6) is 0 Å². The summed E-state index contributed by atoms with van der Waals surface area (Å²) in [7, 11) is 0. The molecule has 10 nitrogen and oxygen atoms in total. The Labute approximate surface area is 223 Å². The van der Waals surface area contributed by atoms with Crippen molar-refractivity contribution in [2.75, 3.05) is 0 Å². The van der Waals surface area contributed by atoms with Gasteiger partial charge in [0.15, 0.2) is 0 Å². The number of ether oxygens (including phenoxy) is 2. The number of amides is 2. The van der Waals surface area contributed by atoms with Gasteiger partial charge in [-0.3, -0.25) is 9.59 Å². The van der Waals surface area contributed by atoms with Crippen molar-refractivity contribution in [3.05, 3.63) is 70.8 Å². The summed E-state index contributed by atoms with van der Waals surface area (Å²) in [5.74, 6) is -9.33. The lowest BCUT2D eigenvalue weighted by Crippen LogP contribution is -2.55. The van der Waals surface area contributed by atoms with E-state index in [4.69, 9.17) is 11.5 Å². The number of halogens is 6. The molecule has 0 aliphatic carbocycles. The zero-order valence-electron chi connectivity index (χ0n) is 20.5. The van der Waals surface area contributed by atoms with Crippen molar-refractivity contribution in [1.29, 1.82) is 0 Å². The van der Waals surface area contributed by atoms with Crippen LogP contribution in [0.15, 0.2) is 48.5 Å². The van der Waals surface area contributed by atoms with E-state index in [1.165, 1.54) is 24.3 Å². The average Bonchev–Trinajstić information content (AvgIpc) is 2.91. The van der Waals surface area contributed by atoms with Crippen LogP contribution in [0.1, 0.15) is 22.3 Å². The predicted octanol–water partition coefficient (Wildman–Crippen LogP) is 1.48. The fourth-order valence-electron chi connectivity index (χ4n) is 3.04. The Kier molecular flexibility index (Phi) is 11.0. The van der Waals surface area contributed by atoms with Crippen LogP contribution >= 0.6 is 0 Å². The third kappa shape index (κ3) is 9.53. The normalized spacial score (nSPS) is 13.1. The molecule has 0 saturated carbocycles. The van der Waals surface area contributed by atoms with Gasteiger partial charge < -0.3 is 31.6 Å². The maximum atomic E-state index is 12.9. The molecule has 2 amide bonds. The molecule has 2 rings (SSSR count). The number of nitrogens with two attached hydrogens (primary N) is 2. The highest BCUT2D eigenvalue weighted by atomic mass is 19.4. The van der Waals surface area contributed by atoms with Gasteiger partial charge >= 0.3 is 24.3 Å². The first-order chi connectivity index (χ1) is 18.6. The van der Waals surface area contributed by atoms with Crippen LogP contribution in [0.25, 0.3) is 0 Å². The van der Waals surface area contributed by atoms with Gasteiger partial charge in [-0.15, -0.1) is 0 Å². The summed E-state index contributed by atoms with van der Waals surface area (Å²) >= 11 is 0. The third-order valence-electron chi connectivity index (χ3n) is 5.17. The van der Waals surface area contributed by atoms with Crippen molar-refractivity contribution in [1.82, 2.24) is 10.6 Å². The highest BCUT2D eigenvalue weighted by Crippen LogP contribution is 2.22. The fourth-order valence-corrected chi connectivity index (χ4v) is 3.04. The van der Waals surface area contributed by atoms with E-state index in [9.17, 15) is 45.5 Å². The Morgan fingerprint density at radius 2 is 0.875 bits per heavy atom. The minimum atomic E-state index is -5.71. The molecular weight excluding hydrogens is 554 g/mol. The van der Waals surface area contributed by atoms with E-state index < -0.39 is 61.4 Å². The van der Waals surface area contributed by atoms with E-state index >= 15 is 0 Å². The van der Waals surface area contributed by atoms with Crippen molar-refractivity contribution in [3.63, 3.8) is 0 Å². The summed E-state index contributed by atoms with van der Waals surface area (Å²) in [6.07, 6.45) is -17.3. The Balaban J connectivity index is 2.35. The van der Waals surface area contributed by atoms with Crippen LogP contribution in [0, 0.1) is 0 Å². The third-order valence-corrected chi connectivity index (χ3v) is 5.17. The number of carbonyl (C=O) groups excluding carboxylic acids is 4. The maximum Gasteiger partial charge on any atom is 0.490 e. The summed E-state index contributed by atoms with van der Waals surface area (Å²) < 4.78 is 85.7. The van der Waals surface area contributed by atoms with E-state index in [-0.39, 0.29) is 13.1 Å². The molecule has 2 atom stereocenters. The average molecular weight is 578 g/mol. The van der Waals surface area contributed by atoms with Crippen molar-refractivity contribution in [2.24, 2.45) is 11.5 Å². The first-order valence-corrected chi connectivity index (χ1v) is 11.3. The second-order valence-corrected chi connectivity index (χ2v) is 8.12. The lowest BCUT2D eigenvalue weighted by Gasteiger charge is -2.26. The van der Waals surface area contributed by atoms with Crippen LogP contribution < -0.4 is 22.1 Å². The van der Waals surface area contributed by atoms with E-state index in [1.807, 2.05) is 10.6 Å². The van der Waals surface area contributed by atoms with Gasteiger partial charge in [-0.2, -0.15) is 26.3 Å². The molecule has 0 spiro atoms. The first kappa shape index (κ1) is 32.0. The van der Waals surface area contributed by atoms with Crippen molar-refractivity contribution >= 4 is 23.8 Å². The van der Waals surface area contributed by atoms with E-state index in [2.05, 4.69) is 9.47 Å². The molecule has 0 bridgehead atoms. The van der Waals surface area contributed by atoms with Gasteiger partial charge in [0.05, 0.1) is 0 Å². The molecule has 0 unspecified atom stereocenters. The van der Waals surface area contributed by atoms with E-state index in [0.29, 0.717) is 22.3 Å². The van der Waals surface area contributed by atoms with Gasteiger partial charge in [-0.1, -0.05) is 48.5 Å². The molecule has 0 fully saturated rings. The van der Waals surface area contributed by atoms with Gasteiger partial charge in [0.1, 0.15) is 0 Å². The molecule has 0 aromatic heterocycles. The molecular formula is C24H24F6N4O6. The number of benzene rings is 2. The minimum Gasteiger partial charge on any atom is -0.441 e. The smallest absolute Gasteiger partial charge is 0.441 e. The number of hydrogen-bond acceptors (Lipinski definition) is 8. The van der Waals surface area contributed by atoms with Crippen LogP contribution in [0.4, 0.5) is 26.3 Å².